The minimum absolute atomic E-state index is 0.0951. The van der Waals surface area contributed by atoms with E-state index >= 15 is 0 Å². The number of anilines is 2. The number of hydrogen-bond donors (Lipinski definition) is 3. The smallest absolute Gasteiger partial charge is 0.261 e. The highest BCUT2D eigenvalue weighted by Gasteiger charge is 2.14. The second-order valence-corrected chi connectivity index (χ2v) is 7.63. The van der Waals surface area contributed by atoms with E-state index in [-0.39, 0.29) is 16.7 Å². The maximum Gasteiger partial charge on any atom is 0.261 e. The third-order valence-electron chi connectivity index (χ3n) is 3.69. The summed E-state index contributed by atoms with van der Waals surface area (Å²) in [5.74, 6) is -0.257. The van der Waals surface area contributed by atoms with Crippen molar-refractivity contribution in [1.29, 1.82) is 0 Å². The second-order valence-electron chi connectivity index (χ2n) is 5.94. The Hall–Kier alpha value is -2.38. The van der Waals surface area contributed by atoms with Crippen molar-refractivity contribution in [2.45, 2.75) is 18.7 Å². The molecule has 2 aromatic rings. The molecule has 3 N–H and O–H groups in total. The van der Waals surface area contributed by atoms with Crippen LogP contribution >= 0.6 is 0 Å². The van der Waals surface area contributed by atoms with E-state index in [1.807, 2.05) is 13.8 Å². The first-order valence-corrected chi connectivity index (χ1v) is 9.45. The van der Waals surface area contributed by atoms with Crippen molar-refractivity contribution < 1.29 is 13.2 Å². The summed E-state index contributed by atoms with van der Waals surface area (Å²) in [7, 11) is -1.84. The van der Waals surface area contributed by atoms with Crippen LogP contribution in [0.4, 0.5) is 11.4 Å². The van der Waals surface area contributed by atoms with Gasteiger partial charge in [0.15, 0.2) is 0 Å². The van der Waals surface area contributed by atoms with Gasteiger partial charge in [0.05, 0.1) is 4.90 Å². The van der Waals surface area contributed by atoms with Crippen molar-refractivity contribution in [3.05, 3.63) is 54.1 Å². The van der Waals surface area contributed by atoms with Gasteiger partial charge in [-0.2, -0.15) is 0 Å². The average molecular weight is 361 g/mol. The summed E-state index contributed by atoms with van der Waals surface area (Å²) in [6.07, 6.45) is 0. The lowest BCUT2D eigenvalue weighted by molar-refractivity contribution is -0.119. The summed E-state index contributed by atoms with van der Waals surface area (Å²) < 4.78 is 27.2. The van der Waals surface area contributed by atoms with Gasteiger partial charge < -0.3 is 10.6 Å². The summed E-state index contributed by atoms with van der Waals surface area (Å²) in [4.78, 5) is 12.2. The Morgan fingerprint density at radius 1 is 1.00 bits per heavy atom. The molecule has 0 aromatic heterocycles. The molecule has 134 valence electrons. The van der Waals surface area contributed by atoms with E-state index in [9.17, 15) is 13.2 Å². The van der Waals surface area contributed by atoms with E-state index in [0.29, 0.717) is 17.9 Å². The fraction of sp³-hybridized carbons (Fsp3) is 0.278. The minimum Gasteiger partial charge on any atom is -0.326 e. The van der Waals surface area contributed by atoms with Crippen LogP contribution in [0.3, 0.4) is 0 Å². The van der Waals surface area contributed by atoms with Gasteiger partial charge in [0.2, 0.25) is 5.91 Å². The Balaban J connectivity index is 2.05. The van der Waals surface area contributed by atoms with Crippen LogP contribution in [0.1, 0.15) is 12.5 Å². The van der Waals surface area contributed by atoms with Crippen molar-refractivity contribution in [1.82, 2.24) is 5.32 Å². The molecule has 1 amide bonds. The fourth-order valence-electron chi connectivity index (χ4n) is 2.22. The van der Waals surface area contributed by atoms with E-state index in [1.54, 1.807) is 55.6 Å². The molecule has 0 aliphatic carbocycles. The van der Waals surface area contributed by atoms with Crippen LogP contribution < -0.4 is 15.4 Å². The molecule has 0 saturated heterocycles. The van der Waals surface area contributed by atoms with Crippen LogP contribution in [-0.2, 0) is 14.8 Å². The predicted octanol–water partition coefficient (Wildman–Crippen LogP) is 2.59. The molecule has 1 unspecified atom stereocenters. The zero-order valence-electron chi connectivity index (χ0n) is 14.5. The molecule has 0 fully saturated rings. The van der Waals surface area contributed by atoms with E-state index in [4.69, 9.17) is 0 Å². The SMILES string of the molecule is CNCC(C)C(=O)Nc1ccc(NS(=O)(=O)c2ccc(C)cc2)cc1. The van der Waals surface area contributed by atoms with Crippen LogP contribution in [-0.4, -0.2) is 27.9 Å². The number of benzene rings is 2. The standard InChI is InChI=1S/C18H23N3O3S/c1-13-4-10-17(11-5-13)25(23,24)21-16-8-6-15(7-9-16)20-18(22)14(2)12-19-3/h4-11,14,19,21H,12H2,1-3H3,(H,20,22). The molecule has 0 saturated carbocycles. The van der Waals surface area contributed by atoms with Crippen LogP contribution in [0.2, 0.25) is 0 Å². The summed E-state index contributed by atoms with van der Waals surface area (Å²) in [5, 5.41) is 5.75. The Bertz CT molecular complexity index is 816. The third kappa shape index (κ3) is 5.30. The van der Waals surface area contributed by atoms with Gasteiger partial charge in [0, 0.05) is 23.8 Å². The van der Waals surface area contributed by atoms with Gasteiger partial charge in [-0.25, -0.2) is 8.42 Å². The lowest BCUT2D eigenvalue weighted by Crippen LogP contribution is -2.28. The molecular weight excluding hydrogens is 338 g/mol. The molecule has 0 bridgehead atoms. The maximum absolute atomic E-state index is 12.3. The summed E-state index contributed by atoms with van der Waals surface area (Å²) in [6, 6.07) is 13.2. The van der Waals surface area contributed by atoms with Gasteiger partial charge in [0.1, 0.15) is 0 Å². The van der Waals surface area contributed by atoms with Gasteiger partial charge in [-0.15, -0.1) is 0 Å². The first-order valence-electron chi connectivity index (χ1n) is 7.97. The number of aryl methyl sites for hydroxylation is 1. The normalized spacial score (nSPS) is 12.4. The lowest BCUT2D eigenvalue weighted by atomic mass is 10.1. The van der Waals surface area contributed by atoms with Gasteiger partial charge in [-0.3, -0.25) is 9.52 Å². The molecule has 25 heavy (non-hydrogen) atoms. The summed E-state index contributed by atoms with van der Waals surface area (Å²) >= 11 is 0. The van der Waals surface area contributed by atoms with Gasteiger partial charge in [-0.1, -0.05) is 24.6 Å². The van der Waals surface area contributed by atoms with E-state index in [1.165, 1.54) is 0 Å². The molecule has 0 heterocycles. The molecule has 6 nitrogen and oxygen atoms in total. The highest BCUT2D eigenvalue weighted by atomic mass is 32.2. The van der Waals surface area contributed by atoms with Crippen molar-refractivity contribution in [3.8, 4) is 0 Å². The minimum atomic E-state index is -3.63. The molecule has 2 rings (SSSR count). The summed E-state index contributed by atoms with van der Waals surface area (Å²) in [5.41, 5.74) is 2.04. The first kappa shape index (κ1) is 19.0. The van der Waals surface area contributed by atoms with Gasteiger partial charge in [0.25, 0.3) is 10.0 Å². The topological polar surface area (TPSA) is 87.3 Å². The highest BCUT2D eigenvalue weighted by molar-refractivity contribution is 7.92. The molecule has 0 aliphatic heterocycles. The monoisotopic (exact) mass is 361 g/mol. The molecule has 2 aromatic carbocycles. The van der Waals surface area contributed by atoms with Crippen LogP contribution in [0.15, 0.2) is 53.4 Å². The highest BCUT2D eigenvalue weighted by Crippen LogP contribution is 2.19. The lowest BCUT2D eigenvalue weighted by Gasteiger charge is -2.12. The van der Waals surface area contributed by atoms with Crippen LogP contribution in [0, 0.1) is 12.8 Å². The van der Waals surface area contributed by atoms with Crippen molar-refractivity contribution in [3.63, 3.8) is 0 Å². The summed E-state index contributed by atoms with van der Waals surface area (Å²) in [6.45, 7) is 4.31. The number of rotatable bonds is 7. The van der Waals surface area contributed by atoms with Crippen molar-refractivity contribution in [2.75, 3.05) is 23.6 Å². The first-order chi connectivity index (χ1) is 11.8. The molecule has 0 spiro atoms. The number of hydrogen-bond acceptors (Lipinski definition) is 4. The predicted molar refractivity (Wildman–Crippen MR) is 100 cm³/mol. The van der Waals surface area contributed by atoms with Crippen LogP contribution in [0.25, 0.3) is 0 Å². The number of amides is 1. The fourth-order valence-corrected chi connectivity index (χ4v) is 3.28. The van der Waals surface area contributed by atoms with Crippen LogP contribution in [0.5, 0.6) is 0 Å². The second kappa shape index (κ2) is 8.13. The maximum atomic E-state index is 12.3. The Labute approximate surface area is 148 Å². The van der Waals surface area contributed by atoms with Gasteiger partial charge >= 0.3 is 0 Å². The molecule has 7 heteroatoms. The van der Waals surface area contributed by atoms with E-state index < -0.39 is 10.0 Å². The molecular formula is C18H23N3O3S. The zero-order valence-corrected chi connectivity index (χ0v) is 15.4. The van der Waals surface area contributed by atoms with E-state index in [0.717, 1.165) is 5.56 Å². The molecule has 1 atom stereocenters. The molecule has 0 aliphatic rings. The third-order valence-corrected chi connectivity index (χ3v) is 5.09. The van der Waals surface area contributed by atoms with Crippen molar-refractivity contribution >= 4 is 27.3 Å². The number of nitrogens with one attached hydrogen (secondary N) is 3. The number of carbonyl (C=O) groups is 1. The molecule has 0 radical (unpaired) electrons. The number of carbonyl (C=O) groups excluding carboxylic acids is 1. The Morgan fingerprint density at radius 2 is 1.56 bits per heavy atom. The largest absolute Gasteiger partial charge is 0.326 e. The Morgan fingerprint density at radius 3 is 2.12 bits per heavy atom. The van der Waals surface area contributed by atoms with Crippen molar-refractivity contribution in [2.24, 2.45) is 5.92 Å². The van der Waals surface area contributed by atoms with E-state index in [2.05, 4.69) is 15.4 Å². The van der Waals surface area contributed by atoms with Gasteiger partial charge in [-0.05, 0) is 50.4 Å². The quantitative estimate of drug-likeness (QED) is 0.707. The Kier molecular flexibility index (Phi) is 6.17. The average Bonchev–Trinajstić information content (AvgIpc) is 2.57. The zero-order chi connectivity index (χ0) is 18.4. The number of sulfonamides is 1.